The molecule has 0 aromatic heterocycles. The van der Waals surface area contributed by atoms with Gasteiger partial charge in [0, 0.05) is 0 Å². The third kappa shape index (κ3) is 9.89. The van der Waals surface area contributed by atoms with E-state index in [9.17, 15) is 0 Å². The van der Waals surface area contributed by atoms with Crippen LogP contribution in [0.4, 0.5) is 0 Å². The lowest BCUT2D eigenvalue weighted by molar-refractivity contribution is 0.735. The molecule has 31 heavy (non-hydrogen) atoms. The van der Waals surface area contributed by atoms with Gasteiger partial charge in [-0.05, 0) is 21.7 Å². The van der Waals surface area contributed by atoms with Crippen molar-refractivity contribution in [3.63, 3.8) is 0 Å². The molecular weight excluding hydrogens is 412 g/mol. The summed E-state index contributed by atoms with van der Waals surface area (Å²) in [6.07, 6.45) is 2.28. The fourth-order valence-corrected chi connectivity index (χ4v) is 2.31. The lowest BCUT2D eigenvalue weighted by Crippen LogP contribution is -2.29. The van der Waals surface area contributed by atoms with E-state index in [0.29, 0.717) is 5.04 Å². The predicted molar refractivity (Wildman–Crippen MR) is 143 cm³/mol. The number of hydrogen-bond donors (Lipinski definition) is 0. The summed E-state index contributed by atoms with van der Waals surface area (Å²) in [5.41, 5.74) is 3.75. The van der Waals surface area contributed by atoms with Gasteiger partial charge in [0.15, 0.2) is 7.38 Å². The van der Waals surface area contributed by atoms with E-state index < -0.39 is 7.38 Å². The van der Waals surface area contributed by atoms with E-state index >= 15 is 0 Å². The smallest absolute Gasteiger partial charge is 0.155 e. The minimum atomic E-state index is -1.39. The molecule has 0 saturated heterocycles. The Morgan fingerprint density at radius 2 is 0.935 bits per heavy atom. The molecule has 0 spiro atoms. The minimum Gasteiger partial charge on any atom is -0.167 e. The molecule has 166 valence electrons. The van der Waals surface area contributed by atoms with E-state index in [2.05, 4.69) is 139 Å². The Balaban J connectivity index is 0.000000336. The van der Waals surface area contributed by atoms with Crippen LogP contribution < -0.4 is 0 Å². The van der Waals surface area contributed by atoms with Gasteiger partial charge in [0.1, 0.15) is 0 Å². The van der Waals surface area contributed by atoms with Crippen molar-refractivity contribution in [3.8, 4) is 0 Å². The van der Waals surface area contributed by atoms with Gasteiger partial charge in [-0.15, -0.1) is 0 Å². The third-order valence-electron chi connectivity index (χ3n) is 5.32. The minimum absolute atomic E-state index is 0.342. The van der Waals surface area contributed by atoms with E-state index in [1.54, 1.807) is 0 Å². The number of halogens is 1. The van der Waals surface area contributed by atoms with Gasteiger partial charge in [-0.2, -0.15) is 11.1 Å². The highest BCUT2D eigenvalue weighted by atomic mass is 35.6. The summed E-state index contributed by atoms with van der Waals surface area (Å²) in [7, 11) is -1.39. The topological polar surface area (TPSA) is 0 Å². The quantitative estimate of drug-likeness (QED) is 0.211. The van der Waals surface area contributed by atoms with Crippen molar-refractivity contribution < 1.29 is 0 Å². The molecule has 0 fully saturated rings. The van der Waals surface area contributed by atoms with Crippen LogP contribution in [0.15, 0.2) is 91.0 Å². The third-order valence-corrected chi connectivity index (χ3v) is 10.6. The Hall–Kier alpha value is -1.83. The van der Waals surface area contributed by atoms with Crippen molar-refractivity contribution in [2.45, 2.75) is 58.7 Å². The van der Waals surface area contributed by atoms with Crippen LogP contribution in [-0.4, -0.2) is 7.38 Å². The van der Waals surface area contributed by atoms with Gasteiger partial charge in [-0.1, -0.05) is 152 Å². The standard InChI is InChI=1S/C19H15.C6H15ClSi.C4H9/c1-4-10-16(11-5-1)19(17-12-6-2-7-13-17)18-14-8-3-9-15-18;1-6(2,3)8(4,5)7;1-3-4-2/h1-15H;1-5H3;1,3-4H2,2H3. The van der Waals surface area contributed by atoms with E-state index in [1.807, 2.05) is 0 Å². The first-order valence-electron chi connectivity index (χ1n) is 11.1. The molecule has 2 heteroatoms. The first-order valence-corrected chi connectivity index (χ1v) is 15.1. The van der Waals surface area contributed by atoms with Crippen LogP contribution in [0.2, 0.25) is 18.1 Å². The zero-order valence-electron chi connectivity index (χ0n) is 20.2. The fraction of sp³-hybridized carbons (Fsp3) is 0.310. The molecule has 2 radical (unpaired) electrons. The molecular formula is C29H39ClSi. The average Bonchev–Trinajstić information content (AvgIpc) is 2.75. The molecule has 0 aliphatic rings. The molecule has 0 bridgehead atoms. The van der Waals surface area contributed by atoms with Crippen LogP contribution >= 0.6 is 11.1 Å². The molecule has 0 saturated carbocycles. The van der Waals surface area contributed by atoms with E-state index in [1.165, 1.54) is 29.0 Å². The van der Waals surface area contributed by atoms with Gasteiger partial charge in [0.2, 0.25) is 0 Å². The normalized spacial score (nSPS) is 11.1. The van der Waals surface area contributed by atoms with Crippen molar-refractivity contribution in [2.24, 2.45) is 0 Å². The molecule has 0 atom stereocenters. The second-order valence-electron chi connectivity index (χ2n) is 9.05. The predicted octanol–water partition coefficient (Wildman–Crippen LogP) is 9.56. The summed E-state index contributed by atoms with van der Waals surface area (Å²) in [6.45, 7) is 16.7. The Morgan fingerprint density at radius 3 is 1.10 bits per heavy atom. The van der Waals surface area contributed by atoms with Gasteiger partial charge < -0.3 is 0 Å². The van der Waals surface area contributed by atoms with Crippen LogP contribution in [0.5, 0.6) is 0 Å². The highest BCUT2D eigenvalue weighted by Gasteiger charge is 2.32. The van der Waals surface area contributed by atoms with E-state index in [4.69, 9.17) is 11.1 Å². The second-order valence-corrected chi connectivity index (χ2v) is 16.3. The summed E-state index contributed by atoms with van der Waals surface area (Å²) in [5, 5.41) is 0.342. The van der Waals surface area contributed by atoms with Crippen LogP contribution in [0.1, 0.15) is 57.2 Å². The first-order chi connectivity index (χ1) is 14.6. The Morgan fingerprint density at radius 1 is 0.710 bits per heavy atom. The summed E-state index contributed by atoms with van der Waals surface area (Å²) in [6, 6.07) is 31.6. The maximum absolute atomic E-state index is 6.15. The van der Waals surface area contributed by atoms with Crippen molar-refractivity contribution >= 4 is 18.5 Å². The van der Waals surface area contributed by atoms with Crippen LogP contribution in [0.3, 0.4) is 0 Å². The highest BCUT2D eigenvalue weighted by molar-refractivity contribution is 7.20. The molecule has 3 rings (SSSR count). The lowest BCUT2D eigenvalue weighted by Gasteiger charge is -2.29. The monoisotopic (exact) mass is 450 g/mol. The van der Waals surface area contributed by atoms with Gasteiger partial charge in [0.05, 0.1) is 5.92 Å². The second kappa shape index (κ2) is 13.6. The SMILES string of the molecule is CC(C)(C)[Si](C)(C)Cl.[CH2]CCC.c1ccc([C](c2ccccc2)c2ccccc2)cc1. The molecule has 0 N–H and O–H groups in total. The number of hydrogen-bond acceptors (Lipinski definition) is 0. The fourth-order valence-electron chi connectivity index (χ4n) is 2.31. The van der Waals surface area contributed by atoms with Gasteiger partial charge in [0.25, 0.3) is 0 Å². The summed E-state index contributed by atoms with van der Waals surface area (Å²) in [4.78, 5) is 0. The van der Waals surface area contributed by atoms with Crippen LogP contribution in [-0.2, 0) is 0 Å². The zero-order valence-corrected chi connectivity index (χ0v) is 21.9. The first kappa shape index (κ1) is 27.2. The summed E-state index contributed by atoms with van der Waals surface area (Å²) < 4.78 is 0. The van der Waals surface area contributed by atoms with Crippen LogP contribution in [0, 0.1) is 12.8 Å². The Kier molecular flexibility index (Phi) is 11.9. The van der Waals surface area contributed by atoms with Gasteiger partial charge >= 0.3 is 0 Å². The number of unbranched alkanes of at least 4 members (excludes halogenated alkanes) is 1. The number of rotatable bonds is 4. The molecule has 0 aliphatic carbocycles. The molecule has 0 aliphatic heterocycles. The molecule has 0 unspecified atom stereocenters. The van der Waals surface area contributed by atoms with Crippen molar-refractivity contribution in [1.29, 1.82) is 0 Å². The van der Waals surface area contributed by atoms with Crippen molar-refractivity contribution in [1.82, 2.24) is 0 Å². The Bertz CT molecular complexity index is 707. The van der Waals surface area contributed by atoms with Gasteiger partial charge in [-0.25, -0.2) is 0 Å². The average molecular weight is 451 g/mol. The van der Waals surface area contributed by atoms with Gasteiger partial charge in [-0.3, -0.25) is 0 Å². The largest absolute Gasteiger partial charge is 0.167 e. The van der Waals surface area contributed by atoms with Crippen molar-refractivity contribution in [3.05, 3.63) is 121 Å². The lowest BCUT2D eigenvalue weighted by atomic mass is 9.85. The molecule has 0 heterocycles. The zero-order chi connectivity index (χ0) is 23.3. The highest BCUT2D eigenvalue weighted by Crippen LogP contribution is 2.38. The van der Waals surface area contributed by atoms with E-state index in [-0.39, 0.29) is 0 Å². The summed E-state index contributed by atoms with van der Waals surface area (Å²) in [5.74, 6) is 1.28. The summed E-state index contributed by atoms with van der Waals surface area (Å²) >= 11 is 6.15. The maximum atomic E-state index is 6.15. The maximum Gasteiger partial charge on any atom is 0.155 e. The van der Waals surface area contributed by atoms with Crippen molar-refractivity contribution in [2.75, 3.05) is 0 Å². The molecule has 3 aromatic rings. The number of benzene rings is 3. The Labute approximate surface area is 197 Å². The molecule has 3 aromatic carbocycles. The van der Waals surface area contributed by atoms with Crippen LogP contribution in [0.25, 0.3) is 0 Å². The molecule has 0 nitrogen and oxygen atoms in total. The van der Waals surface area contributed by atoms with E-state index in [0.717, 1.165) is 6.42 Å². The molecule has 0 amide bonds.